The molecule has 8 nitrogen and oxygen atoms in total. The molecule has 0 bridgehead atoms. The van der Waals surface area contributed by atoms with Crippen molar-refractivity contribution in [2.24, 2.45) is 0 Å². The number of rotatable bonds is 8. The maximum atomic E-state index is 12.7. The molecule has 8 heteroatoms. The Labute approximate surface area is 217 Å². The Hall–Kier alpha value is -3.94. The number of para-hydroxylation sites is 1. The maximum absolute atomic E-state index is 12.7. The van der Waals surface area contributed by atoms with E-state index in [1.165, 1.54) is 0 Å². The average Bonchev–Trinajstić information content (AvgIpc) is 3.38. The van der Waals surface area contributed by atoms with E-state index in [2.05, 4.69) is 29.6 Å². The van der Waals surface area contributed by atoms with Crippen LogP contribution in [-0.2, 0) is 0 Å². The minimum atomic E-state index is -0.0388. The predicted octanol–water partition coefficient (Wildman–Crippen LogP) is 5.49. The van der Waals surface area contributed by atoms with E-state index in [9.17, 15) is 4.79 Å². The molecular weight excluding hydrogens is 464 g/mol. The number of carbonyl (C=O) groups is 1. The molecule has 1 amide bonds. The van der Waals surface area contributed by atoms with Crippen molar-refractivity contribution < 1.29 is 9.53 Å². The molecule has 1 atom stereocenters. The van der Waals surface area contributed by atoms with E-state index in [1.807, 2.05) is 53.3 Å². The summed E-state index contributed by atoms with van der Waals surface area (Å²) < 4.78 is 7.07. The molecule has 0 unspecified atom stereocenters. The highest BCUT2D eigenvalue weighted by molar-refractivity contribution is 5.94. The number of nitrogens with one attached hydrogen (secondary N) is 2. The summed E-state index contributed by atoms with van der Waals surface area (Å²) in [6.45, 7) is 4.31. The quantitative estimate of drug-likeness (QED) is 0.334. The van der Waals surface area contributed by atoms with E-state index in [1.54, 1.807) is 19.2 Å². The number of ether oxygens (including phenoxy) is 1. The van der Waals surface area contributed by atoms with E-state index in [0.29, 0.717) is 5.56 Å². The summed E-state index contributed by atoms with van der Waals surface area (Å²) in [5, 5.41) is 12.5. The molecule has 0 spiro atoms. The topological polar surface area (TPSA) is 94.0 Å². The van der Waals surface area contributed by atoms with E-state index in [-0.39, 0.29) is 23.9 Å². The number of amides is 1. The van der Waals surface area contributed by atoms with Crippen LogP contribution in [0.25, 0.3) is 16.7 Å². The zero-order valence-corrected chi connectivity index (χ0v) is 21.6. The molecule has 5 rings (SSSR count). The molecule has 2 N–H and O–H groups in total. The average molecular weight is 499 g/mol. The first-order valence-corrected chi connectivity index (χ1v) is 13.1. The summed E-state index contributed by atoms with van der Waals surface area (Å²) in [5.41, 5.74) is 2.45. The monoisotopic (exact) mass is 498 g/mol. The molecule has 1 fully saturated rings. The van der Waals surface area contributed by atoms with E-state index in [4.69, 9.17) is 14.7 Å². The number of carbonyl (C=O) groups excluding carboxylic acids is 1. The van der Waals surface area contributed by atoms with Gasteiger partial charge in [-0.1, -0.05) is 32.0 Å². The molecule has 1 saturated carbocycles. The van der Waals surface area contributed by atoms with Gasteiger partial charge in [-0.15, -0.1) is 0 Å². The lowest BCUT2D eigenvalue weighted by atomic mass is 9.91. The van der Waals surface area contributed by atoms with E-state index < -0.39 is 0 Å². The SMILES string of the molecule is CC[C@H](C)c1nc(NC2CCC(NC(=O)c3ccc(OC)cc3)CC2)c2cnn(-c3ccccc3)c2n1. The van der Waals surface area contributed by atoms with E-state index in [0.717, 1.165) is 66.2 Å². The summed E-state index contributed by atoms with van der Waals surface area (Å²) in [7, 11) is 1.62. The van der Waals surface area contributed by atoms with Gasteiger partial charge in [-0.05, 0) is 68.5 Å². The smallest absolute Gasteiger partial charge is 0.251 e. The number of aromatic nitrogens is 4. The molecule has 2 heterocycles. The Kier molecular flexibility index (Phi) is 7.35. The van der Waals surface area contributed by atoms with Gasteiger partial charge in [0.05, 0.1) is 24.4 Å². The second-order valence-corrected chi connectivity index (χ2v) is 9.76. The third-order valence-electron chi connectivity index (χ3n) is 7.26. The van der Waals surface area contributed by atoms with Crippen molar-refractivity contribution in [3.63, 3.8) is 0 Å². The first-order chi connectivity index (χ1) is 18.1. The molecule has 2 aromatic carbocycles. The highest BCUT2D eigenvalue weighted by atomic mass is 16.5. The fourth-order valence-electron chi connectivity index (χ4n) is 4.78. The second-order valence-electron chi connectivity index (χ2n) is 9.76. The molecule has 1 aliphatic carbocycles. The fraction of sp³-hybridized carbons (Fsp3) is 0.379. The first-order valence-electron chi connectivity index (χ1n) is 13.1. The maximum Gasteiger partial charge on any atom is 0.251 e. The third-order valence-corrected chi connectivity index (χ3v) is 7.26. The third kappa shape index (κ3) is 5.43. The van der Waals surface area contributed by atoms with Crippen molar-refractivity contribution in [1.82, 2.24) is 25.1 Å². The van der Waals surface area contributed by atoms with Crippen LogP contribution in [0, 0.1) is 0 Å². The van der Waals surface area contributed by atoms with Gasteiger partial charge in [0.15, 0.2) is 5.65 Å². The van der Waals surface area contributed by atoms with Crippen LogP contribution >= 0.6 is 0 Å². The van der Waals surface area contributed by atoms with Gasteiger partial charge in [-0.2, -0.15) is 5.10 Å². The minimum Gasteiger partial charge on any atom is -0.497 e. The highest BCUT2D eigenvalue weighted by Gasteiger charge is 2.25. The van der Waals surface area contributed by atoms with Gasteiger partial charge < -0.3 is 15.4 Å². The van der Waals surface area contributed by atoms with Gasteiger partial charge in [-0.3, -0.25) is 4.79 Å². The summed E-state index contributed by atoms with van der Waals surface area (Å²) in [6, 6.07) is 17.7. The number of nitrogens with zero attached hydrogens (tertiary/aromatic N) is 4. The predicted molar refractivity (Wildman–Crippen MR) is 145 cm³/mol. The van der Waals surface area contributed by atoms with Gasteiger partial charge in [-0.25, -0.2) is 14.6 Å². The molecule has 0 aliphatic heterocycles. The molecule has 1 aliphatic rings. The zero-order chi connectivity index (χ0) is 25.8. The summed E-state index contributed by atoms with van der Waals surface area (Å²) in [4.78, 5) is 22.5. The number of hydrogen-bond acceptors (Lipinski definition) is 6. The van der Waals surface area contributed by atoms with Crippen LogP contribution in [-0.4, -0.2) is 44.8 Å². The van der Waals surface area contributed by atoms with Crippen LogP contribution in [0.1, 0.15) is 68.1 Å². The summed E-state index contributed by atoms with van der Waals surface area (Å²) in [5.74, 6) is 2.62. The van der Waals surface area contributed by atoms with Gasteiger partial charge in [0.25, 0.3) is 5.91 Å². The number of methoxy groups -OCH3 is 1. The lowest BCUT2D eigenvalue weighted by Gasteiger charge is -2.30. The fourth-order valence-corrected chi connectivity index (χ4v) is 4.78. The Balaban J connectivity index is 1.29. The van der Waals surface area contributed by atoms with Gasteiger partial charge in [0, 0.05) is 23.6 Å². The van der Waals surface area contributed by atoms with Crippen molar-refractivity contribution in [1.29, 1.82) is 0 Å². The lowest BCUT2D eigenvalue weighted by Crippen LogP contribution is -2.40. The Morgan fingerprint density at radius 1 is 1.03 bits per heavy atom. The first kappa shape index (κ1) is 24.7. The van der Waals surface area contributed by atoms with Crippen LogP contribution in [0.4, 0.5) is 5.82 Å². The number of benzene rings is 2. The second kappa shape index (κ2) is 11.0. The van der Waals surface area contributed by atoms with E-state index >= 15 is 0 Å². The van der Waals surface area contributed by atoms with Crippen LogP contribution < -0.4 is 15.4 Å². The van der Waals surface area contributed by atoms with Gasteiger partial charge >= 0.3 is 0 Å². The molecule has 4 aromatic rings. The van der Waals surface area contributed by atoms with Crippen LogP contribution in [0.15, 0.2) is 60.8 Å². The Bertz CT molecular complexity index is 1340. The standard InChI is InChI=1S/C29H34N6O2/c1-4-19(2)26-33-27(25-18-30-35(28(25)34-26)23-8-6-5-7-9-23)31-21-12-14-22(15-13-21)32-29(36)20-10-16-24(37-3)17-11-20/h5-11,16-19,21-22H,4,12-15H2,1-3H3,(H,32,36)(H,31,33,34)/t19-,21?,22?/m0/s1. The summed E-state index contributed by atoms with van der Waals surface area (Å²) in [6.07, 6.45) is 6.54. The lowest BCUT2D eigenvalue weighted by molar-refractivity contribution is 0.0926. The Morgan fingerprint density at radius 2 is 1.73 bits per heavy atom. The largest absolute Gasteiger partial charge is 0.497 e. The van der Waals surface area contributed by atoms with Crippen LogP contribution in [0.3, 0.4) is 0 Å². The van der Waals surface area contributed by atoms with Crippen molar-refractivity contribution in [2.45, 2.75) is 64.0 Å². The number of anilines is 1. The Morgan fingerprint density at radius 3 is 2.41 bits per heavy atom. The molecule has 192 valence electrons. The van der Waals surface area contributed by atoms with Crippen molar-refractivity contribution in [3.8, 4) is 11.4 Å². The van der Waals surface area contributed by atoms with Crippen molar-refractivity contribution >= 4 is 22.8 Å². The molecule has 0 saturated heterocycles. The molecule has 37 heavy (non-hydrogen) atoms. The van der Waals surface area contributed by atoms with Crippen molar-refractivity contribution in [3.05, 3.63) is 72.2 Å². The number of hydrogen-bond donors (Lipinski definition) is 2. The zero-order valence-electron chi connectivity index (χ0n) is 21.6. The number of fused-ring (bicyclic) bond motifs is 1. The minimum absolute atomic E-state index is 0.0388. The van der Waals surface area contributed by atoms with Gasteiger partial charge in [0.2, 0.25) is 0 Å². The molecular formula is C29H34N6O2. The van der Waals surface area contributed by atoms with Crippen LogP contribution in [0.2, 0.25) is 0 Å². The van der Waals surface area contributed by atoms with Crippen LogP contribution in [0.5, 0.6) is 5.75 Å². The van der Waals surface area contributed by atoms with Gasteiger partial charge in [0.1, 0.15) is 17.4 Å². The molecule has 2 aromatic heterocycles. The highest BCUT2D eigenvalue weighted by Crippen LogP contribution is 2.29. The van der Waals surface area contributed by atoms with Crippen molar-refractivity contribution in [2.75, 3.05) is 12.4 Å². The molecule has 0 radical (unpaired) electrons. The summed E-state index contributed by atoms with van der Waals surface area (Å²) >= 11 is 0. The normalized spacial score (nSPS) is 18.4.